The molecule has 1 saturated carbocycles. The van der Waals surface area contributed by atoms with Crippen molar-refractivity contribution < 1.29 is 4.21 Å². The summed E-state index contributed by atoms with van der Waals surface area (Å²) in [5, 5.41) is 16.0. The van der Waals surface area contributed by atoms with Gasteiger partial charge in [0.15, 0.2) is 11.8 Å². The molecule has 3 rings (SSSR count). The molecule has 3 atom stereocenters. The van der Waals surface area contributed by atoms with Crippen LogP contribution in [0.1, 0.15) is 70.4 Å². The van der Waals surface area contributed by atoms with Gasteiger partial charge in [-0.25, -0.2) is 4.99 Å². The minimum absolute atomic E-state index is 0.316. The normalized spacial score (nSPS) is 24.7. The van der Waals surface area contributed by atoms with Gasteiger partial charge in [0.05, 0.1) is 0 Å². The van der Waals surface area contributed by atoms with Crippen molar-refractivity contribution in [2.45, 2.75) is 89.6 Å². The van der Waals surface area contributed by atoms with E-state index in [0.29, 0.717) is 17.8 Å². The second-order valence-electron chi connectivity index (χ2n) is 7.49. The van der Waals surface area contributed by atoms with E-state index in [1.54, 1.807) is 0 Å². The van der Waals surface area contributed by atoms with E-state index in [-0.39, 0.29) is 0 Å². The van der Waals surface area contributed by atoms with Crippen LogP contribution >= 0.6 is 0 Å². The highest BCUT2D eigenvalue weighted by Crippen LogP contribution is 2.23. The van der Waals surface area contributed by atoms with E-state index in [9.17, 15) is 4.21 Å². The number of aliphatic imine (C=N–C) groups is 1. The second kappa shape index (κ2) is 10.2. The summed E-state index contributed by atoms with van der Waals surface area (Å²) >= 11 is 0. The van der Waals surface area contributed by atoms with Crippen molar-refractivity contribution in [1.82, 2.24) is 25.4 Å². The van der Waals surface area contributed by atoms with Gasteiger partial charge in [-0.3, -0.25) is 4.21 Å². The molecule has 0 aromatic carbocycles. The Labute approximate surface area is 165 Å². The van der Waals surface area contributed by atoms with Crippen molar-refractivity contribution in [1.29, 1.82) is 0 Å². The molecule has 1 fully saturated rings. The highest BCUT2D eigenvalue weighted by atomic mass is 32.2. The van der Waals surface area contributed by atoms with Crippen LogP contribution in [0.25, 0.3) is 0 Å². The average Bonchev–Trinajstić information content (AvgIpc) is 2.92. The fourth-order valence-electron chi connectivity index (χ4n) is 4.08. The summed E-state index contributed by atoms with van der Waals surface area (Å²) in [7, 11) is -0.706. The molecule has 1 aliphatic heterocycles. The van der Waals surface area contributed by atoms with E-state index in [4.69, 9.17) is 4.99 Å². The smallest absolute Gasteiger partial charge is 0.191 e. The van der Waals surface area contributed by atoms with Gasteiger partial charge in [-0.2, -0.15) is 0 Å². The lowest BCUT2D eigenvalue weighted by atomic mass is 9.95. The van der Waals surface area contributed by atoms with E-state index in [1.165, 1.54) is 19.3 Å². The minimum atomic E-state index is -0.706. The van der Waals surface area contributed by atoms with Crippen LogP contribution in [0.2, 0.25) is 0 Å². The standard InChI is InChI=1S/C19H34N6OS/c1-3-20-19(22-15-9-8-10-16(13-15)27(26)4-2)21-14-18-24-23-17-11-6-5-7-12-25(17)18/h15-16H,3-14H2,1-2H3,(H2,20,21,22). The van der Waals surface area contributed by atoms with Crippen LogP contribution in [0.15, 0.2) is 4.99 Å². The lowest BCUT2D eigenvalue weighted by Gasteiger charge is -2.30. The molecule has 0 amide bonds. The number of nitrogens with zero attached hydrogens (tertiary/aromatic N) is 4. The fraction of sp³-hybridized carbons (Fsp3) is 0.842. The van der Waals surface area contributed by atoms with Crippen molar-refractivity contribution in [2.24, 2.45) is 4.99 Å². The molecule has 27 heavy (non-hydrogen) atoms. The van der Waals surface area contributed by atoms with Crippen molar-refractivity contribution >= 4 is 16.8 Å². The quantitative estimate of drug-likeness (QED) is 0.570. The zero-order chi connectivity index (χ0) is 19.1. The largest absolute Gasteiger partial charge is 0.357 e. The summed E-state index contributed by atoms with van der Waals surface area (Å²) in [6.45, 7) is 6.46. The number of guanidine groups is 1. The number of hydrogen-bond donors (Lipinski definition) is 2. The lowest BCUT2D eigenvalue weighted by Crippen LogP contribution is -2.46. The predicted molar refractivity (Wildman–Crippen MR) is 110 cm³/mol. The van der Waals surface area contributed by atoms with E-state index in [1.807, 2.05) is 6.92 Å². The summed E-state index contributed by atoms with van der Waals surface area (Å²) < 4.78 is 14.4. The molecule has 0 radical (unpaired) electrons. The molecule has 0 bridgehead atoms. The Morgan fingerprint density at radius 2 is 2.11 bits per heavy atom. The number of fused-ring (bicyclic) bond motifs is 1. The number of hydrogen-bond acceptors (Lipinski definition) is 4. The van der Waals surface area contributed by atoms with Gasteiger partial charge < -0.3 is 15.2 Å². The van der Waals surface area contributed by atoms with Crippen molar-refractivity contribution in [3.63, 3.8) is 0 Å². The minimum Gasteiger partial charge on any atom is -0.357 e. The van der Waals surface area contributed by atoms with Gasteiger partial charge in [-0.15, -0.1) is 10.2 Å². The first-order valence-electron chi connectivity index (χ1n) is 10.5. The summed E-state index contributed by atoms with van der Waals surface area (Å²) in [5.74, 6) is 3.64. The molecular weight excluding hydrogens is 360 g/mol. The number of nitrogens with one attached hydrogen (secondary N) is 2. The highest BCUT2D eigenvalue weighted by Gasteiger charge is 2.26. The summed E-state index contributed by atoms with van der Waals surface area (Å²) in [6, 6.07) is 0.340. The Morgan fingerprint density at radius 3 is 2.93 bits per heavy atom. The molecule has 7 nitrogen and oxygen atoms in total. The molecule has 8 heteroatoms. The Bertz CT molecular complexity index is 659. The van der Waals surface area contributed by atoms with E-state index < -0.39 is 10.8 Å². The maximum Gasteiger partial charge on any atom is 0.191 e. The van der Waals surface area contributed by atoms with E-state index in [2.05, 4.69) is 32.3 Å². The third kappa shape index (κ3) is 5.53. The molecular formula is C19H34N6OS. The summed E-state index contributed by atoms with van der Waals surface area (Å²) in [4.78, 5) is 4.77. The third-order valence-corrected chi connectivity index (χ3v) is 7.27. The molecule has 1 aromatic heterocycles. The van der Waals surface area contributed by atoms with Crippen molar-refractivity contribution in [3.05, 3.63) is 11.6 Å². The number of aromatic nitrogens is 3. The van der Waals surface area contributed by atoms with Gasteiger partial charge >= 0.3 is 0 Å². The van der Waals surface area contributed by atoms with Crippen LogP contribution in [0.3, 0.4) is 0 Å². The maximum atomic E-state index is 12.2. The summed E-state index contributed by atoms with van der Waals surface area (Å²) in [6.07, 6.45) is 8.97. The average molecular weight is 395 g/mol. The monoisotopic (exact) mass is 394 g/mol. The van der Waals surface area contributed by atoms with Crippen molar-refractivity contribution in [3.8, 4) is 0 Å². The van der Waals surface area contributed by atoms with Gasteiger partial charge in [0.25, 0.3) is 0 Å². The topological polar surface area (TPSA) is 84.2 Å². The molecule has 1 aliphatic carbocycles. The van der Waals surface area contributed by atoms with Crippen LogP contribution in [-0.4, -0.2) is 48.5 Å². The van der Waals surface area contributed by atoms with Crippen LogP contribution in [0.4, 0.5) is 0 Å². The fourth-order valence-corrected chi connectivity index (χ4v) is 5.42. The Hall–Kier alpha value is -1.44. The van der Waals surface area contributed by atoms with Gasteiger partial charge in [0.1, 0.15) is 12.4 Å². The molecule has 2 N–H and O–H groups in total. The van der Waals surface area contributed by atoms with Gasteiger partial charge in [-0.1, -0.05) is 19.8 Å². The highest BCUT2D eigenvalue weighted by molar-refractivity contribution is 7.85. The first-order valence-corrected chi connectivity index (χ1v) is 11.9. The van der Waals surface area contributed by atoms with Crippen LogP contribution in [-0.2, 0) is 30.3 Å². The van der Waals surface area contributed by atoms with E-state index in [0.717, 1.165) is 68.6 Å². The first kappa shape index (κ1) is 20.3. The molecule has 0 saturated heterocycles. The molecule has 2 heterocycles. The van der Waals surface area contributed by atoms with Gasteiger partial charge in [0, 0.05) is 47.4 Å². The lowest BCUT2D eigenvalue weighted by molar-refractivity contribution is 0.413. The number of rotatable bonds is 6. The molecule has 3 unspecified atom stereocenters. The molecule has 0 spiro atoms. The zero-order valence-corrected chi connectivity index (χ0v) is 17.6. The van der Waals surface area contributed by atoms with Gasteiger partial charge in [0.2, 0.25) is 0 Å². The van der Waals surface area contributed by atoms with Crippen molar-refractivity contribution in [2.75, 3.05) is 12.3 Å². The Kier molecular flexibility index (Phi) is 7.67. The SMILES string of the molecule is CCNC(=NCc1nnc2n1CCCCC2)NC1CCCC(S(=O)CC)C1. The maximum absolute atomic E-state index is 12.2. The second-order valence-corrected chi connectivity index (χ2v) is 9.49. The molecule has 2 aliphatic rings. The molecule has 152 valence electrons. The zero-order valence-electron chi connectivity index (χ0n) is 16.7. The van der Waals surface area contributed by atoms with E-state index >= 15 is 0 Å². The first-order chi connectivity index (χ1) is 13.2. The van der Waals surface area contributed by atoms with Crippen LogP contribution < -0.4 is 10.6 Å². The van der Waals surface area contributed by atoms with Crippen LogP contribution in [0, 0.1) is 0 Å². The number of aryl methyl sites for hydroxylation is 1. The predicted octanol–water partition coefficient (Wildman–Crippen LogP) is 2.14. The summed E-state index contributed by atoms with van der Waals surface area (Å²) in [5.41, 5.74) is 0. The Morgan fingerprint density at radius 1 is 1.22 bits per heavy atom. The Balaban J connectivity index is 1.63. The molecule has 1 aromatic rings. The van der Waals surface area contributed by atoms with Crippen LogP contribution in [0.5, 0.6) is 0 Å². The van der Waals surface area contributed by atoms with Gasteiger partial charge in [-0.05, 0) is 39.0 Å². The third-order valence-electron chi connectivity index (χ3n) is 5.53.